The van der Waals surface area contributed by atoms with E-state index in [9.17, 15) is 72.5 Å². The maximum atomic E-state index is 14.7. The predicted octanol–water partition coefficient (Wildman–Crippen LogP) is -1.49. The molecule has 0 radical (unpaired) electrons. The van der Waals surface area contributed by atoms with Crippen molar-refractivity contribution >= 4 is 118 Å². The molecule has 3 aliphatic heterocycles. The number of likely N-dealkylation sites (tertiary alicyclic amines) is 2. The fourth-order valence-electron chi connectivity index (χ4n) is 12.1. The zero-order chi connectivity index (χ0) is 75.5. The number of hydrogen-bond donors (Lipinski definition) is 11. The molecular formula is C69H106N16O15S3. The van der Waals surface area contributed by atoms with Gasteiger partial charge in [0.05, 0.1) is 44.1 Å². The molecule has 2 aromatic carbocycles. The molecule has 34 heteroatoms. The average Bonchev–Trinajstić information content (AvgIpc) is 1.68. The fourth-order valence-corrected chi connectivity index (χ4v) is 14.9. The van der Waals surface area contributed by atoms with E-state index in [4.69, 9.17) is 28.7 Å². The van der Waals surface area contributed by atoms with Crippen molar-refractivity contribution in [3.63, 3.8) is 0 Å². The van der Waals surface area contributed by atoms with Gasteiger partial charge in [-0.15, -0.1) is 0 Å². The van der Waals surface area contributed by atoms with Gasteiger partial charge in [0, 0.05) is 132 Å². The standard InChI is InChI=1S/C69H106N16O15S3/c1-4-5-7-16-61(91)76-35-51(67(97)85-21-11-15-56(85)68(98)84-20-10-14-55(84)63(74)93)43-102-41-49-31-48(40-101-30-19-75-62(92)39-83-28-26-81(37-59(72)89)24-22-80(36-58(71)88)23-25-82(27-29-83)38-60(73)90)32-50(33-49)42-103-44-54(69(99)100)79-66(96)53(34-47-12-8-6-9-13-47)78-65(95)52(17-18-57(70)87)77-64(94)45(2)46(3)86/h6,8-9,12-13,31-33,35,45-46,51-56,86H,4-5,7,10-11,14-30,34,36-44H2,1-3H3,(H2,70,87)(H2,71,88)(H2,72,89)(H2,73,90)(H2,74,93)(H,75,92)(H,77,94)(H,78,95)(H,79,96)(H,99,100)/t45-,46+,51?,52-,53-,54?,55-,56-/m0/s1. The lowest BCUT2D eigenvalue weighted by Crippen LogP contribution is -2.57. The Kier molecular flexibility index (Phi) is 37.9. The molecule has 2 unspecified atom stereocenters. The van der Waals surface area contributed by atoms with Crippen LogP contribution in [0.1, 0.15) is 107 Å². The topological polar surface area (TPSA) is 472 Å². The van der Waals surface area contributed by atoms with Crippen LogP contribution in [0.4, 0.5) is 0 Å². The monoisotopic (exact) mass is 1490 g/mol. The number of rotatable bonds is 42. The van der Waals surface area contributed by atoms with Gasteiger partial charge < -0.3 is 69.9 Å². The van der Waals surface area contributed by atoms with E-state index in [2.05, 4.69) is 26.3 Å². The molecule has 3 saturated heterocycles. The van der Waals surface area contributed by atoms with Crippen LogP contribution >= 0.6 is 35.3 Å². The molecule has 12 amide bonds. The molecule has 0 aromatic heterocycles. The van der Waals surface area contributed by atoms with Gasteiger partial charge in [-0.25, -0.2) is 9.79 Å². The van der Waals surface area contributed by atoms with Crippen molar-refractivity contribution < 1.29 is 72.5 Å². The van der Waals surface area contributed by atoms with E-state index in [1.807, 2.05) is 44.7 Å². The normalized spacial score (nSPS) is 18.4. The number of amides is 12. The molecule has 3 fully saturated rings. The largest absolute Gasteiger partial charge is 0.480 e. The third kappa shape index (κ3) is 31.6. The van der Waals surface area contributed by atoms with Crippen LogP contribution in [0.15, 0.2) is 53.5 Å². The Labute approximate surface area is 615 Å². The zero-order valence-electron chi connectivity index (χ0n) is 59.4. The number of aliphatic carboxylic acids is 1. The Morgan fingerprint density at radius 3 is 1.58 bits per heavy atom. The summed E-state index contributed by atoms with van der Waals surface area (Å²) in [5.74, 6) is -8.36. The number of carbonyl (C=O) groups excluding carboxylic acids is 12. The highest BCUT2D eigenvalue weighted by Gasteiger charge is 2.43. The molecule has 103 heavy (non-hydrogen) atoms. The van der Waals surface area contributed by atoms with Crippen molar-refractivity contribution in [2.45, 2.75) is 145 Å². The summed E-state index contributed by atoms with van der Waals surface area (Å²) in [5.41, 5.74) is 30.9. The minimum Gasteiger partial charge on any atom is -0.480 e. The fraction of sp³-hybridized carbons (Fsp3) is 0.623. The molecule has 570 valence electrons. The van der Waals surface area contributed by atoms with Gasteiger partial charge >= 0.3 is 5.97 Å². The molecule has 31 nitrogen and oxygen atoms in total. The number of carboxylic acids is 1. The highest BCUT2D eigenvalue weighted by molar-refractivity contribution is 7.99. The third-order valence-corrected chi connectivity index (χ3v) is 21.1. The molecule has 0 spiro atoms. The number of nitrogens with one attached hydrogen (secondary N) is 4. The van der Waals surface area contributed by atoms with Crippen LogP contribution < -0.4 is 49.9 Å². The Morgan fingerprint density at radius 2 is 1.07 bits per heavy atom. The van der Waals surface area contributed by atoms with Gasteiger partial charge in [0.1, 0.15) is 30.2 Å². The highest BCUT2D eigenvalue weighted by Crippen LogP contribution is 2.29. The van der Waals surface area contributed by atoms with E-state index < -0.39 is 101 Å². The van der Waals surface area contributed by atoms with Crippen molar-refractivity contribution in [1.82, 2.24) is 50.7 Å². The van der Waals surface area contributed by atoms with Crippen LogP contribution in [-0.4, -0.2) is 274 Å². The molecule has 0 saturated carbocycles. The summed E-state index contributed by atoms with van der Waals surface area (Å²) < 4.78 is 0. The van der Waals surface area contributed by atoms with Crippen LogP contribution in [0, 0.1) is 11.8 Å². The van der Waals surface area contributed by atoms with Crippen molar-refractivity contribution in [2.75, 3.05) is 115 Å². The Balaban J connectivity index is 1.35. The second-order valence-electron chi connectivity index (χ2n) is 26.4. The number of nitrogens with zero attached hydrogens (tertiary/aromatic N) is 7. The van der Waals surface area contributed by atoms with Gasteiger partial charge in [-0.2, -0.15) is 35.3 Å². The molecule has 3 aliphatic rings. The summed E-state index contributed by atoms with van der Waals surface area (Å²) in [6.45, 7) is 8.66. The summed E-state index contributed by atoms with van der Waals surface area (Å²) >= 11 is 4.17. The first-order chi connectivity index (χ1) is 49.1. The van der Waals surface area contributed by atoms with E-state index in [-0.39, 0.29) is 106 Å². The van der Waals surface area contributed by atoms with Gasteiger partial charge in [0.15, 0.2) is 0 Å². The Bertz CT molecular complexity index is 3200. The van der Waals surface area contributed by atoms with Crippen LogP contribution in [0.25, 0.3) is 0 Å². The lowest BCUT2D eigenvalue weighted by atomic mass is 10.0. The average molecular weight is 1500 g/mol. The molecule has 0 aliphatic carbocycles. The van der Waals surface area contributed by atoms with Crippen molar-refractivity contribution in [1.29, 1.82) is 0 Å². The number of aliphatic imine (C=N–C) groups is 1. The first-order valence-electron chi connectivity index (χ1n) is 35.1. The second-order valence-corrected chi connectivity index (χ2v) is 29.5. The number of hydrogen-bond acceptors (Lipinski definition) is 21. The van der Waals surface area contributed by atoms with Crippen molar-refractivity contribution in [3.05, 3.63) is 70.8 Å². The molecule has 3 heterocycles. The smallest absolute Gasteiger partial charge is 0.327 e. The number of carboxylic acid groups (broad SMARTS) is 1. The Morgan fingerprint density at radius 1 is 0.573 bits per heavy atom. The molecule has 8 atom stereocenters. The van der Waals surface area contributed by atoms with Crippen LogP contribution in [0.3, 0.4) is 0 Å². The van der Waals surface area contributed by atoms with Crippen LogP contribution in [-0.2, 0) is 86.0 Å². The predicted molar refractivity (Wildman–Crippen MR) is 394 cm³/mol. The summed E-state index contributed by atoms with van der Waals surface area (Å²) in [7, 11) is 0. The van der Waals surface area contributed by atoms with Gasteiger partial charge in [0.25, 0.3) is 0 Å². The van der Waals surface area contributed by atoms with Crippen molar-refractivity contribution in [3.8, 4) is 0 Å². The number of primary amides is 5. The van der Waals surface area contributed by atoms with E-state index in [1.165, 1.54) is 65.1 Å². The van der Waals surface area contributed by atoms with Gasteiger partial charge in [-0.05, 0) is 67.7 Å². The first-order valence-corrected chi connectivity index (χ1v) is 38.5. The first kappa shape index (κ1) is 85.9. The lowest BCUT2D eigenvalue weighted by Gasteiger charge is -2.33. The molecule has 16 N–H and O–H groups in total. The lowest BCUT2D eigenvalue weighted by molar-refractivity contribution is -0.146. The third-order valence-electron chi connectivity index (χ3n) is 17.9. The van der Waals surface area contributed by atoms with E-state index in [1.54, 1.807) is 30.3 Å². The number of nitrogens with two attached hydrogens (primary N) is 5. The SMILES string of the molecule is CCCCCC(=O)N=CC(CSCc1cc(CSCCNC(=O)CN2CCN(CC(N)=O)CCN(CC(N)=O)CCN(CC(N)=O)CC2)cc(CSCC(NC(=O)[C@H](Cc2ccccc2)NC(=O)[C@H](CCC(N)=O)NC(=O)[C@@H](C)[C@@H](C)O)C(=O)O)c1)C(=O)N1CCC[C@H]1C(=O)N1CCC[C@H]1C(N)=O. The minimum absolute atomic E-state index is 0.00176. The summed E-state index contributed by atoms with van der Waals surface area (Å²) in [6, 6.07) is 8.75. The minimum atomic E-state index is -1.48. The van der Waals surface area contributed by atoms with Gasteiger partial charge in [0.2, 0.25) is 70.9 Å². The Hall–Kier alpha value is -7.73. The molecule has 0 bridgehead atoms. The van der Waals surface area contributed by atoms with E-state index in [0.717, 1.165) is 29.5 Å². The maximum absolute atomic E-state index is 14.7. The molecular weight excluding hydrogens is 1390 g/mol. The number of aliphatic hydroxyl groups excluding tert-OH is 1. The van der Waals surface area contributed by atoms with Crippen LogP contribution in [0.2, 0.25) is 0 Å². The van der Waals surface area contributed by atoms with E-state index in [0.29, 0.717) is 114 Å². The highest BCUT2D eigenvalue weighted by atomic mass is 32.2. The number of carbonyl (C=O) groups is 13. The summed E-state index contributed by atoms with van der Waals surface area (Å²) in [6.07, 6.45) is 4.18. The summed E-state index contributed by atoms with van der Waals surface area (Å²) in [4.78, 5) is 185. The quantitative estimate of drug-likeness (QED) is 0.0266. The number of aliphatic hydroxyl groups is 1. The zero-order valence-corrected chi connectivity index (χ0v) is 61.8. The number of thioether (sulfide) groups is 3. The summed E-state index contributed by atoms with van der Waals surface area (Å²) in [5, 5.41) is 31.4. The maximum Gasteiger partial charge on any atom is 0.327 e. The number of unbranched alkanes of at least 4 members (excludes halogenated alkanes) is 2. The molecule has 2 aromatic rings. The van der Waals surface area contributed by atoms with Gasteiger partial charge in [-0.3, -0.25) is 77.1 Å². The van der Waals surface area contributed by atoms with Crippen LogP contribution in [0.5, 0.6) is 0 Å². The number of benzene rings is 2. The second kappa shape index (κ2) is 45.5. The van der Waals surface area contributed by atoms with Crippen molar-refractivity contribution in [2.24, 2.45) is 45.5 Å². The van der Waals surface area contributed by atoms with Gasteiger partial charge in [-0.1, -0.05) is 75.2 Å². The molecule has 5 rings (SSSR count). The van der Waals surface area contributed by atoms with E-state index >= 15 is 0 Å².